The number of sulfonamides is 1. The number of hydrogen-bond acceptors (Lipinski definition) is 5. The molecule has 0 spiro atoms. The standard InChI is InChI=1S/C8H10N2O4S/c9-6-1-3-7(4-2-6)15(13,14)10-5-8(11)12/h1-4,10H,5,9H2,(H,11,12)/p-1. The van der Waals surface area contributed by atoms with Gasteiger partial charge in [-0.05, 0) is 24.3 Å². The van der Waals surface area contributed by atoms with Gasteiger partial charge in [0.15, 0.2) is 0 Å². The highest BCUT2D eigenvalue weighted by atomic mass is 32.2. The molecule has 0 fully saturated rings. The lowest BCUT2D eigenvalue weighted by molar-refractivity contribution is -0.303. The van der Waals surface area contributed by atoms with Crippen LogP contribution in [0, 0.1) is 0 Å². The molecule has 0 aliphatic rings. The molecular weight excluding hydrogens is 220 g/mol. The number of nitrogen functional groups attached to an aromatic ring is 1. The van der Waals surface area contributed by atoms with Gasteiger partial charge in [0.2, 0.25) is 10.0 Å². The van der Waals surface area contributed by atoms with Crippen LogP contribution >= 0.6 is 0 Å². The summed E-state index contributed by atoms with van der Waals surface area (Å²) in [6.07, 6.45) is 0. The van der Waals surface area contributed by atoms with E-state index in [0.29, 0.717) is 5.69 Å². The van der Waals surface area contributed by atoms with E-state index in [0.717, 1.165) is 0 Å². The third-order valence-electron chi connectivity index (χ3n) is 1.60. The summed E-state index contributed by atoms with van der Waals surface area (Å²) in [7, 11) is -3.80. The van der Waals surface area contributed by atoms with Crippen LogP contribution in [0.3, 0.4) is 0 Å². The van der Waals surface area contributed by atoms with Crippen molar-refractivity contribution >= 4 is 21.7 Å². The van der Waals surface area contributed by atoms with Crippen molar-refractivity contribution in [2.75, 3.05) is 12.3 Å². The topological polar surface area (TPSA) is 112 Å². The van der Waals surface area contributed by atoms with Crippen molar-refractivity contribution in [2.24, 2.45) is 0 Å². The van der Waals surface area contributed by atoms with E-state index >= 15 is 0 Å². The van der Waals surface area contributed by atoms with Crippen LogP contribution in [0.1, 0.15) is 0 Å². The molecule has 15 heavy (non-hydrogen) atoms. The van der Waals surface area contributed by atoms with Gasteiger partial charge >= 0.3 is 0 Å². The summed E-state index contributed by atoms with van der Waals surface area (Å²) in [6, 6.07) is 5.39. The van der Waals surface area contributed by atoms with Crippen LogP contribution in [-0.4, -0.2) is 20.9 Å². The minimum Gasteiger partial charge on any atom is -0.549 e. The molecule has 0 amide bonds. The normalized spacial score (nSPS) is 11.2. The Morgan fingerprint density at radius 2 is 1.87 bits per heavy atom. The number of nitrogens with two attached hydrogens (primary N) is 1. The molecule has 3 N–H and O–H groups in total. The molecule has 0 aromatic heterocycles. The maximum absolute atomic E-state index is 11.4. The van der Waals surface area contributed by atoms with Gasteiger partial charge in [0.1, 0.15) is 0 Å². The third-order valence-corrected chi connectivity index (χ3v) is 3.01. The van der Waals surface area contributed by atoms with E-state index in [2.05, 4.69) is 0 Å². The number of aliphatic carboxylic acids is 1. The van der Waals surface area contributed by atoms with E-state index in [9.17, 15) is 18.3 Å². The van der Waals surface area contributed by atoms with Crippen LogP contribution in [-0.2, 0) is 14.8 Å². The highest BCUT2D eigenvalue weighted by Crippen LogP contribution is 2.10. The number of anilines is 1. The molecule has 0 aliphatic heterocycles. The van der Waals surface area contributed by atoms with Crippen molar-refractivity contribution < 1.29 is 18.3 Å². The molecule has 1 aromatic carbocycles. The summed E-state index contributed by atoms with van der Waals surface area (Å²) in [4.78, 5) is 10.0. The van der Waals surface area contributed by atoms with Crippen molar-refractivity contribution in [1.29, 1.82) is 0 Å². The Labute approximate surface area is 86.8 Å². The van der Waals surface area contributed by atoms with E-state index < -0.39 is 22.5 Å². The average molecular weight is 229 g/mol. The van der Waals surface area contributed by atoms with E-state index in [1.165, 1.54) is 24.3 Å². The van der Waals surface area contributed by atoms with Gasteiger partial charge in [-0.2, -0.15) is 0 Å². The zero-order valence-corrected chi connectivity index (χ0v) is 8.45. The number of carbonyl (C=O) groups excluding carboxylic acids is 1. The molecule has 1 aromatic rings. The zero-order chi connectivity index (χ0) is 11.5. The highest BCUT2D eigenvalue weighted by molar-refractivity contribution is 7.89. The first kappa shape index (κ1) is 11.5. The second-order valence-corrected chi connectivity index (χ2v) is 4.53. The van der Waals surface area contributed by atoms with Crippen molar-refractivity contribution in [1.82, 2.24) is 4.72 Å². The molecule has 0 radical (unpaired) electrons. The lowest BCUT2D eigenvalue weighted by Gasteiger charge is -2.07. The number of hydrogen-bond donors (Lipinski definition) is 2. The van der Waals surface area contributed by atoms with Gasteiger partial charge in [-0.15, -0.1) is 0 Å². The number of carboxylic acid groups (broad SMARTS) is 1. The predicted octanol–water partition coefficient (Wildman–Crippen LogP) is -1.70. The Morgan fingerprint density at radius 1 is 1.33 bits per heavy atom. The summed E-state index contributed by atoms with van der Waals surface area (Å²) >= 11 is 0. The van der Waals surface area contributed by atoms with Crippen molar-refractivity contribution in [3.05, 3.63) is 24.3 Å². The average Bonchev–Trinajstić information content (AvgIpc) is 2.16. The largest absolute Gasteiger partial charge is 0.549 e. The Balaban J connectivity index is 2.87. The predicted molar refractivity (Wildman–Crippen MR) is 51.0 cm³/mol. The molecule has 0 saturated carbocycles. The summed E-state index contributed by atoms with van der Waals surface area (Å²) < 4.78 is 24.7. The second kappa shape index (κ2) is 4.28. The first-order chi connectivity index (χ1) is 6.92. The van der Waals surface area contributed by atoms with Gasteiger partial charge < -0.3 is 15.6 Å². The van der Waals surface area contributed by atoms with E-state index in [4.69, 9.17) is 5.73 Å². The van der Waals surface area contributed by atoms with Gasteiger partial charge in [0.05, 0.1) is 17.4 Å². The Morgan fingerprint density at radius 3 is 2.33 bits per heavy atom. The SMILES string of the molecule is Nc1ccc(S(=O)(=O)NCC(=O)[O-])cc1. The summed E-state index contributed by atoms with van der Waals surface area (Å²) in [6.45, 7) is -0.757. The van der Waals surface area contributed by atoms with Crippen LogP contribution in [0.4, 0.5) is 5.69 Å². The van der Waals surface area contributed by atoms with Gasteiger partial charge in [0.25, 0.3) is 0 Å². The van der Waals surface area contributed by atoms with E-state index in [1.807, 2.05) is 4.72 Å². The fraction of sp³-hybridized carbons (Fsp3) is 0.125. The number of nitrogens with one attached hydrogen (secondary N) is 1. The van der Waals surface area contributed by atoms with Crippen molar-refractivity contribution in [3.63, 3.8) is 0 Å². The summed E-state index contributed by atoms with van der Waals surface area (Å²) in [5.74, 6) is -1.49. The molecule has 0 unspecified atom stereocenters. The molecule has 0 saturated heterocycles. The summed E-state index contributed by atoms with van der Waals surface area (Å²) in [5, 5.41) is 10.1. The highest BCUT2D eigenvalue weighted by Gasteiger charge is 2.12. The minimum absolute atomic E-state index is 0.0436. The fourth-order valence-corrected chi connectivity index (χ4v) is 1.85. The third kappa shape index (κ3) is 3.22. The molecule has 82 valence electrons. The second-order valence-electron chi connectivity index (χ2n) is 2.77. The Hall–Kier alpha value is -1.60. The van der Waals surface area contributed by atoms with Crippen LogP contribution in [0.5, 0.6) is 0 Å². The van der Waals surface area contributed by atoms with Crippen molar-refractivity contribution in [3.8, 4) is 0 Å². The van der Waals surface area contributed by atoms with Gasteiger partial charge in [-0.25, -0.2) is 13.1 Å². The van der Waals surface area contributed by atoms with Gasteiger partial charge in [-0.1, -0.05) is 0 Å². The van der Waals surface area contributed by atoms with Gasteiger partial charge in [-0.3, -0.25) is 0 Å². The molecule has 7 heteroatoms. The molecule has 1 rings (SSSR count). The lowest BCUT2D eigenvalue weighted by atomic mass is 10.3. The first-order valence-corrected chi connectivity index (χ1v) is 5.45. The fourth-order valence-electron chi connectivity index (χ4n) is 0.884. The van der Waals surface area contributed by atoms with Crippen LogP contribution in [0.15, 0.2) is 29.2 Å². The van der Waals surface area contributed by atoms with E-state index in [-0.39, 0.29) is 4.90 Å². The first-order valence-electron chi connectivity index (χ1n) is 3.97. The zero-order valence-electron chi connectivity index (χ0n) is 7.64. The number of rotatable bonds is 4. The Kier molecular flexibility index (Phi) is 3.28. The van der Waals surface area contributed by atoms with Crippen LogP contribution in [0.2, 0.25) is 0 Å². The minimum atomic E-state index is -3.80. The summed E-state index contributed by atoms with van der Waals surface area (Å²) in [5.41, 5.74) is 5.80. The smallest absolute Gasteiger partial charge is 0.240 e. The maximum Gasteiger partial charge on any atom is 0.240 e. The molecular formula is C8H9N2O4S-. The molecule has 0 bridgehead atoms. The quantitative estimate of drug-likeness (QED) is 0.597. The molecule has 0 atom stereocenters. The number of benzene rings is 1. The lowest BCUT2D eigenvalue weighted by Crippen LogP contribution is -2.37. The maximum atomic E-state index is 11.4. The molecule has 0 heterocycles. The number of carbonyl (C=O) groups is 1. The monoisotopic (exact) mass is 229 g/mol. The van der Waals surface area contributed by atoms with Crippen LogP contribution < -0.4 is 15.6 Å². The Bertz CT molecular complexity index is 452. The van der Waals surface area contributed by atoms with Gasteiger partial charge in [0, 0.05) is 5.69 Å². The molecule has 6 nitrogen and oxygen atoms in total. The number of carboxylic acids is 1. The van der Waals surface area contributed by atoms with Crippen molar-refractivity contribution in [2.45, 2.75) is 4.90 Å². The molecule has 0 aliphatic carbocycles. The van der Waals surface area contributed by atoms with E-state index in [1.54, 1.807) is 0 Å². The van der Waals surface area contributed by atoms with Crippen LogP contribution in [0.25, 0.3) is 0 Å².